The molecule has 0 unspecified atom stereocenters. The van der Waals surface area contributed by atoms with E-state index in [9.17, 15) is 14.4 Å². The summed E-state index contributed by atoms with van der Waals surface area (Å²) in [5.41, 5.74) is 6.98. The number of hydrogen-bond acceptors (Lipinski definition) is 5. The van der Waals surface area contributed by atoms with Crippen molar-refractivity contribution in [3.63, 3.8) is 0 Å². The molecule has 174 valence electrons. The van der Waals surface area contributed by atoms with Gasteiger partial charge in [-0.1, -0.05) is 19.9 Å². The normalized spacial score (nSPS) is 17.8. The first-order valence-corrected chi connectivity index (χ1v) is 11.1. The Balaban J connectivity index is 1.70. The minimum absolute atomic E-state index is 0.000952. The lowest BCUT2D eigenvalue weighted by atomic mass is 9.97. The maximum absolute atomic E-state index is 13.0. The van der Waals surface area contributed by atoms with E-state index >= 15 is 0 Å². The van der Waals surface area contributed by atoms with Gasteiger partial charge in [-0.15, -0.1) is 0 Å². The third-order valence-electron chi connectivity index (χ3n) is 5.78. The quantitative estimate of drug-likeness (QED) is 0.377. The number of ether oxygens (including phenoxy) is 1. The molecule has 1 aliphatic rings. The van der Waals surface area contributed by atoms with Gasteiger partial charge >= 0.3 is 0 Å². The number of hydrogen-bond donors (Lipinski definition) is 5. The van der Waals surface area contributed by atoms with Gasteiger partial charge in [0.05, 0.1) is 7.11 Å². The molecule has 2 aromatic rings. The highest BCUT2D eigenvalue weighted by Gasteiger charge is 2.30. The van der Waals surface area contributed by atoms with Crippen LogP contribution in [0.5, 0.6) is 5.75 Å². The molecule has 1 aliphatic heterocycles. The fourth-order valence-electron chi connectivity index (χ4n) is 4.10. The summed E-state index contributed by atoms with van der Waals surface area (Å²) in [6.07, 6.45) is 1.70. The van der Waals surface area contributed by atoms with E-state index < -0.39 is 6.04 Å². The standard InChI is InChI=1S/C23H33N5O4/c1-13(2)9-18(22(30)26-15(12-24)10-14-7-8-25-21(14)29)28-23(31)19-11-16-17(27-19)5-4-6-20(16)32-3/h4-6,11,13-15,18,27H,7-10,12,24H2,1-3H3,(H,25,29)(H,26,30)(H,28,31)/t14-,15-,18-/m0/s1. The first-order chi connectivity index (χ1) is 15.3. The number of carbonyl (C=O) groups is 3. The van der Waals surface area contributed by atoms with Crippen LogP contribution in [0.25, 0.3) is 10.9 Å². The lowest BCUT2D eigenvalue weighted by Crippen LogP contribution is -2.52. The number of aromatic amines is 1. The molecule has 1 fully saturated rings. The molecule has 0 bridgehead atoms. The van der Waals surface area contributed by atoms with Crippen LogP contribution in [-0.4, -0.2) is 55.0 Å². The van der Waals surface area contributed by atoms with Crippen molar-refractivity contribution in [2.45, 2.75) is 45.2 Å². The Morgan fingerprint density at radius 3 is 2.69 bits per heavy atom. The van der Waals surface area contributed by atoms with Gasteiger partial charge in [0.2, 0.25) is 11.8 Å². The number of aromatic nitrogens is 1. The summed E-state index contributed by atoms with van der Waals surface area (Å²) in [5, 5.41) is 9.38. The summed E-state index contributed by atoms with van der Waals surface area (Å²) in [4.78, 5) is 40.9. The molecule has 9 heteroatoms. The minimum Gasteiger partial charge on any atom is -0.496 e. The van der Waals surface area contributed by atoms with Crippen LogP contribution in [0.15, 0.2) is 24.3 Å². The van der Waals surface area contributed by atoms with E-state index in [0.717, 1.165) is 17.3 Å². The monoisotopic (exact) mass is 443 g/mol. The molecule has 3 rings (SSSR count). The van der Waals surface area contributed by atoms with E-state index in [0.29, 0.717) is 30.8 Å². The zero-order chi connectivity index (χ0) is 23.3. The van der Waals surface area contributed by atoms with Crippen molar-refractivity contribution in [2.75, 3.05) is 20.2 Å². The molecule has 3 atom stereocenters. The van der Waals surface area contributed by atoms with E-state index in [2.05, 4.69) is 20.9 Å². The van der Waals surface area contributed by atoms with Gasteiger partial charge in [-0.2, -0.15) is 0 Å². The summed E-state index contributed by atoms with van der Waals surface area (Å²) in [6.45, 7) is 4.85. The van der Waals surface area contributed by atoms with Gasteiger partial charge in [0.15, 0.2) is 0 Å². The van der Waals surface area contributed by atoms with Crippen LogP contribution >= 0.6 is 0 Å². The fraction of sp³-hybridized carbons (Fsp3) is 0.522. The van der Waals surface area contributed by atoms with Crippen molar-refractivity contribution in [2.24, 2.45) is 17.6 Å². The number of benzene rings is 1. The van der Waals surface area contributed by atoms with Crippen molar-refractivity contribution < 1.29 is 19.1 Å². The molecule has 9 nitrogen and oxygen atoms in total. The van der Waals surface area contributed by atoms with E-state index in [1.807, 2.05) is 32.0 Å². The number of carbonyl (C=O) groups excluding carboxylic acids is 3. The second-order valence-electron chi connectivity index (χ2n) is 8.71. The molecule has 32 heavy (non-hydrogen) atoms. The van der Waals surface area contributed by atoms with Crippen molar-refractivity contribution in [3.8, 4) is 5.75 Å². The van der Waals surface area contributed by atoms with Gasteiger partial charge in [-0.05, 0) is 43.4 Å². The largest absolute Gasteiger partial charge is 0.496 e. The second-order valence-corrected chi connectivity index (χ2v) is 8.71. The molecule has 1 aromatic carbocycles. The Hall–Kier alpha value is -3.07. The highest BCUT2D eigenvalue weighted by Crippen LogP contribution is 2.26. The summed E-state index contributed by atoms with van der Waals surface area (Å²) < 4.78 is 5.35. The molecule has 0 spiro atoms. The fourth-order valence-corrected chi connectivity index (χ4v) is 4.10. The Kier molecular flexibility index (Phi) is 7.74. The topological polar surface area (TPSA) is 138 Å². The Labute approximate surface area is 187 Å². The maximum atomic E-state index is 13.0. The highest BCUT2D eigenvalue weighted by atomic mass is 16.5. The number of H-pyrrole nitrogens is 1. The molecule has 3 amide bonds. The lowest BCUT2D eigenvalue weighted by molar-refractivity contribution is -0.125. The van der Waals surface area contributed by atoms with Crippen LogP contribution in [0.3, 0.4) is 0 Å². The lowest BCUT2D eigenvalue weighted by Gasteiger charge is -2.24. The van der Waals surface area contributed by atoms with Crippen LogP contribution < -0.4 is 26.4 Å². The van der Waals surface area contributed by atoms with E-state index in [4.69, 9.17) is 10.5 Å². The first-order valence-electron chi connectivity index (χ1n) is 11.1. The van der Waals surface area contributed by atoms with E-state index in [1.54, 1.807) is 13.2 Å². The van der Waals surface area contributed by atoms with Gasteiger partial charge in [-0.3, -0.25) is 14.4 Å². The second kappa shape index (κ2) is 10.5. The predicted octanol–water partition coefficient (Wildman–Crippen LogP) is 1.29. The van der Waals surface area contributed by atoms with Gasteiger partial charge in [0.1, 0.15) is 17.5 Å². The highest BCUT2D eigenvalue weighted by molar-refractivity contribution is 6.01. The number of nitrogens with two attached hydrogens (primary N) is 1. The number of amides is 3. The van der Waals surface area contributed by atoms with Gasteiger partial charge < -0.3 is 31.4 Å². The van der Waals surface area contributed by atoms with Crippen molar-refractivity contribution in [1.29, 1.82) is 0 Å². The number of fused-ring (bicyclic) bond motifs is 1. The third-order valence-corrected chi connectivity index (χ3v) is 5.78. The number of rotatable bonds is 10. The smallest absolute Gasteiger partial charge is 0.268 e. The molecule has 0 aliphatic carbocycles. The Bertz CT molecular complexity index is 970. The predicted molar refractivity (Wildman–Crippen MR) is 122 cm³/mol. The molecular weight excluding hydrogens is 410 g/mol. The average molecular weight is 444 g/mol. The van der Waals surface area contributed by atoms with Crippen molar-refractivity contribution >= 4 is 28.6 Å². The Morgan fingerprint density at radius 1 is 1.28 bits per heavy atom. The zero-order valence-corrected chi connectivity index (χ0v) is 18.9. The molecule has 2 heterocycles. The Morgan fingerprint density at radius 2 is 2.06 bits per heavy atom. The van der Waals surface area contributed by atoms with Crippen molar-refractivity contribution in [1.82, 2.24) is 20.9 Å². The first kappa shape index (κ1) is 23.6. The minimum atomic E-state index is -0.720. The zero-order valence-electron chi connectivity index (χ0n) is 18.9. The van der Waals surface area contributed by atoms with Crippen LogP contribution in [-0.2, 0) is 9.59 Å². The molecule has 1 aromatic heterocycles. The maximum Gasteiger partial charge on any atom is 0.268 e. The summed E-state index contributed by atoms with van der Waals surface area (Å²) in [5.74, 6) is 0.0298. The van der Waals surface area contributed by atoms with E-state index in [1.165, 1.54) is 0 Å². The molecular formula is C23H33N5O4. The summed E-state index contributed by atoms with van der Waals surface area (Å²) >= 11 is 0. The SMILES string of the molecule is COc1cccc2[nH]c(C(=O)N[C@@H](CC(C)C)C(=O)N[C@H](CN)C[C@@H]3CCNC3=O)cc12. The number of methoxy groups -OCH3 is 1. The molecule has 0 radical (unpaired) electrons. The summed E-state index contributed by atoms with van der Waals surface area (Å²) in [6, 6.07) is 6.19. The van der Waals surface area contributed by atoms with E-state index in [-0.39, 0.29) is 42.1 Å². The summed E-state index contributed by atoms with van der Waals surface area (Å²) in [7, 11) is 1.58. The van der Waals surface area contributed by atoms with Crippen LogP contribution in [0.2, 0.25) is 0 Å². The molecule has 0 saturated carbocycles. The molecule has 6 N–H and O–H groups in total. The van der Waals surface area contributed by atoms with Crippen LogP contribution in [0.4, 0.5) is 0 Å². The number of nitrogens with one attached hydrogen (secondary N) is 4. The third kappa shape index (κ3) is 5.59. The van der Waals surface area contributed by atoms with Crippen LogP contribution in [0.1, 0.15) is 43.6 Å². The average Bonchev–Trinajstić information content (AvgIpc) is 3.38. The van der Waals surface area contributed by atoms with Gasteiger partial charge in [0, 0.05) is 36.0 Å². The van der Waals surface area contributed by atoms with Gasteiger partial charge in [-0.25, -0.2) is 0 Å². The van der Waals surface area contributed by atoms with Crippen molar-refractivity contribution in [3.05, 3.63) is 30.0 Å². The van der Waals surface area contributed by atoms with Crippen LogP contribution in [0, 0.1) is 11.8 Å². The van der Waals surface area contributed by atoms with Gasteiger partial charge in [0.25, 0.3) is 5.91 Å². The molecule has 1 saturated heterocycles.